The largest absolute Gasteiger partial charge is 0.361 e. The summed E-state index contributed by atoms with van der Waals surface area (Å²) in [6.45, 7) is 12.3. The van der Waals surface area contributed by atoms with E-state index < -0.39 is 0 Å². The Morgan fingerprint density at radius 3 is 2.30 bits per heavy atom. The second-order valence-electron chi connectivity index (χ2n) is 7.14. The van der Waals surface area contributed by atoms with Crippen molar-refractivity contribution in [1.82, 2.24) is 10.5 Å². The number of carbonyl (C=O) groups is 1. The van der Waals surface area contributed by atoms with Gasteiger partial charge in [-0.1, -0.05) is 50.2 Å². The van der Waals surface area contributed by atoms with Crippen molar-refractivity contribution in [2.75, 3.05) is 0 Å². The predicted octanol–water partition coefficient (Wildman–Crippen LogP) is 4.01. The summed E-state index contributed by atoms with van der Waals surface area (Å²) in [5.41, 5.74) is 4.17. The lowest BCUT2D eigenvalue weighted by Gasteiger charge is -2.20. The molecule has 1 amide bonds. The molecule has 0 saturated heterocycles. The molecule has 0 aliphatic heterocycles. The molecule has 1 aromatic carbocycles. The third-order valence-corrected chi connectivity index (χ3v) is 4.17. The first-order valence-electron chi connectivity index (χ1n) is 8.00. The summed E-state index contributed by atoms with van der Waals surface area (Å²) >= 11 is 0. The van der Waals surface area contributed by atoms with Gasteiger partial charge in [0, 0.05) is 5.56 Å². The summed E-state index contributed by atoms with van der Waals surface area (Å²) in [6, 6.07) is 8.40. The number of hydrogen-bond acceptors (Lipinski definition) is 3. The van der Waals surface area contributed by atoms with Crippen LogP contribution in [0.25, 0.3) is 0 Å². The second kappa shape index (κ2) is 6.57. The first-order valence-corrected chi connectivity index (χ1v) is 8.00. The Bertz CT molecular complexity index is 659. The van der Waals surface area contributed by atoms with Crippen LogP contribution >= 0.6 is 0 Å². The van der Waals surface area contributed by atoms with E-state index in [0.717, 1.165) is 16.8 Å². The third kappa shape index (κ3) is 4.21. The Kier molecular flexibility index (Phi) is 4.93. The van der Waals surface area contributed by atoms with E-state index in [1.807, 2.05) is 20.8 Å². The van der Waals surface area contributed by atoms with Crippen LogP contribution in [0.5, 0.6) is 0 Å². The molecule has 4 heteroatoms. The molecule has 4 nitrogen and oxygen atoms in total. The maximum atomic E-state index is 12.2. The van der Waals surface area contributed by atoms with E-state index in [0.29, 0.717) is 12.2 Å². The SMILES string of the molecule is Cc1noc(C)c1CC(=O)NC(C)c1ccc(C(C)(C)C)cc1. The van der Waals surface area contributed by atoms with Gasteiger partial charge in [0.05, 0.1) is 18.2 Å². The average molecular weight is 314 g/mol. The lowest BCUT2D eigenvalue weighted by molar-refractivity contribution is -0.121. The number of benzene rings is 1. The minimum absolute atomic E-state index is 0.0215. The lowest BCUT2D eigenvalue weighted by Crippen LogP contribution is -2.28. The molecular weight excluding hydrogens is 288 g/mol. The fourth-order valence-electron chi connectivity index (χ4n) is 2.56. The summed E-state index contributed by atoms with van der Waals surface area (Å²) in [4.78, 5) is 12.2. The highest BCUT2D eigenvalue weighted by Crippen LogP contribution is 2.24. The van der Waals surface area contributed by atoms with Crippen molar-refractivity contribution in [3.63, 3.8) is 0 Å². The molecule has 1 N–H and O–H groups in total. The van der Waals surface area contributed by atoms with E-state index in [4.69, 9.17) is 4.52 Å². The molecule has 1 unspecified atom stereocenters. The van der Waals surface area contributed by atoms with Gasteiger partial charge in [0.1, 0.15) is 5.76 Å². The van der Waals surface area contributed by atoms with Crippen LogP contribution in [-0.4, -0.2) is 11.1 Å². The fourth-order valence-corrected chi connectivity index (χ4v) is 2.56. The highest BCUT2D eigenvalue weighted by Gasteiger charge is 2.17. The van der Waals surface area contributed by atoms with E-state index >= 15 is 0 Å². The molecule has 2 aromatic rings. The molecule has 124 valence electrons. The molecule has 0 fully saturated rings. The van der Waals surface area contributed by atoms with Crippen molar-refractivity contribution in [3.8, 4) is 0 Å². The molecule has 0 spiro atoms. The third-order valence-electron chi connectivity index (χ3n) is 4.17. The van der Waals surface area contributed by atoms with E-state index in [-0.39, 0.29) is 17.4 Å². The van der Waals surface area contributed by atoms with Crippen LogP contribution in [-0.2, 0) is 16.6 Å². The first-order chi connectivity index (χ1) is 10.7. The molecule has 1 atom stereocenters. The molecule has 0 aliphatic rings. The van der Waals surface area contributed by atoms with E-state index in [9.17, 15) is 4.79 Å². The summed E-state index contributed by atoms with van der Waals surface area (Å²) < 4.78 is 5.10. The summed E-state index contributed by atoms with van der Waals surface area (Å²) in [7, 11) is 0. The van der Waals surface area contributed by atoms with Gasteiger partial charge >= 0.3 is 0 Å². The van der Waals surface area contributed by atoms with Crippen molar-refractivity contribution >= 4 is 5.91 Å². The van der Waals surface area contributed by atoms with Crippen molar-refractivity contribution in [2.24, 2.45) is 0 Å². The van der Waals surface area contributed by atoms with Gasteiger partial charge in [0.2, 0.25) is 5.91 Å². The lowest BCUT2D eigenvalue weighted by atomic mass is 9.86. The van der Waals surface area contributed by atoms with Gasteiger partial charge in [0.25, 0.3) is 0 Å². The number of nitrogens with one attached hydrogen (secondary N) is 1. The number of nitrogens with zero attached hydrogens (tertiary/aromatic N) is 1. The number of hydrogen-bond donors (Lipinski definition) is 1. The molecule has 2 rings (SSSR count). The summed E-state index contributed by atoms with van der Waals surface area (Å²) in [5, 5.41) is 6.92. The topological polar surface area (TPSA) is 55.1 Å². The maximum Gasteiger partial charge on any atom is 0.225 e. The minimum atomic E-state index is -0.0306. The Labute approximate surface area is 138 Å². The van der Waals surface area contributed by atoms with Gasteiger partial charge < -0.3 is 9.84 Å². The summed E-state index contributed by atoms with van der Waals surface area (Å²) in [6.07, 6.45) is 0.297. The zero-order valence-corrected chi connectivity index (χ0v) is 14.9. The molecule has 0 aliphatic carbocycles. The number of carbonyl (C=O) groups excluding carboxylic acids is 1. The van der Waals surface area contributed by atoms with Crippen LogP contribution in [0.3, 0.4) is 0 Å². The van der Waals surface area contributed by atoms with Crippen molar-refractivity contribution < 1.29 is 9.32 Å². The number of aryl methyl sites for hydroxylation is 2. The van der Waals surface area contributed by atoms with Crippen molar-refractivity contribution in [3.05, 3.63) is 52.4 Å². The van der Waals surface area contributed by atoms with Crippen molar-refractivity contribution in [1.29, 1.82) is 0 Å². The molecule has 0 bridgehead atoms. The number of aromatic nitrogens is 1. The van der Waals surface area contributed by atoms with Gasteiger partial charge in [-0.25, -0.2) is 0 Å². The standard InChI is InChI=1S/C19H26N2O2/c1-12(15-7-9-16(10-8-15)19(4,5)6)20-18(22)11-17-13(2)21-23-14(17)3/h7-10,12H,11H2,1-6H3,(H,20,22). The van der Waals surface area contributed by atoms with Gasteiger partial charge in [-0.15, -0.1) is 0 Å². The Balaban J connectivity index is 2.01. The fraction of sp³-hybridized carbons (Fsp3) is 0.474. The van der Waals surface area contributed by atoms with Crippen LogP contribution < -0.4 is 5.32 Å². The van der Waals surface area contributed by atoms with Gasteiger partial charge in [-0.2, -0.15) is 0 Å². The van der Waals surface area contributed by atoms with Crippen LogP contribution in [0, 0.1) is 13.8 Å². The maximum absolute atomic E-state index is 12.2. The molecular formula is C19H26N2O2. The second-order valence-corrected chi connectivity index (χ2v) is 7.14. The van der Waals surface area contributed by atoms with Gasteiger partial charge in [-0.05, 0) is 37.3 Å². The summed E-state index contributed by atoms with van der Waals surface area (Å²) in [5.74, 6) is 0.687. The Hall–Kier alpha value is -2.10. The zero-order chi connectivity index (χ0) is 17.2. The molecule has 1 aromatic heterocycles. The number of rotatable bonds is 4. The molecule has 1 heterocycles. The quantitative estimate of drug-likeness (QED) is 0.927. The minimum Gasteiger partial charge on any atom is -0.361 e. The van der Waals surface area contributed by atoms with Crippen LogP contribution in [0.4, 0.5) is 0 Å². The monoisotopic (exact) mass is 314 g/mol. The Morgan fingerprint density at radius 1 is 1.22 bits per heavy atom. The van der Waals surface area contributed by atoms with Gasteiger partial charge in [0.15, 0.2) is 0 Å². The highest BCUT2D eigenvalue weighted by atomic mass is 16.5. The van der Waals surface area contributed by atoms with Crippen molar-refractivity contribution in [2.45, 2.75) is 59.4 Å². The first kappa shape index (κ1) is 17.3. The van der Waals surface area contributed by atoms with Crippen LogP contribution in [0.15, 0.2) is 28.8 Å². The molecule has 0 saturated carbocycles. The van der Waals surface area contributed by atoms with Gasteiger partial charge in [-0.3, -0.25) is 4.79 Å². The average Bonchev–Trinajstić information content (AvgIpc) is 2.78. The molecule has 0 radical (unpaired) electrons. The Morgan fingerprint density at radius 2 is 1.83 bits per heavy atom. The van der Waals surface area contributed by atoms with Crippen LogP contribution in [0.1, 0.15) is 61.9 Å². The smallest absolute Gasteiger partial charge is 0.225 e. The van der Waals surface area contributed by atoms with E-state index in [2.05, 4.69) is 55.5 Å². The number of amides is 1. The van der Waals surface area contributed by atoms with E-state index in [1.54, 1.807) is 0 Å². The molecule has 23 heavy (non-hydrogen) atoms. The van der Waals surface area contributed by atoms with E-state index in [1.165, 1.54) is 5.56 Å². The predicted molar refractivity (Wildman–Crippen MR) is 91.4 cm³/mol. The zero-order valence-electron chi connectivity index (χ0n) is 14.9. The highest BCUT2D eigenvalue weighted by molar-refractivity contribution is 5.79. The normalized spacial score (nSPS) is 13.0. The van der Waals surface area contributed by atoms with Crippen LogP contribution in [0.2, 0.25) is 0 Å².